The molecule has 2 aliphatic heterocycles. The van der Waals surface area contributed by atoms with Crippen LogP contribution in [0, 0.1) is 0 Å². The van der Waals surface area contributed by atoms with Gasteiger partial charge in [-0.05, 0) is 23.6 Å². The van der Waals surface area contributed by atoms with Crippen LogP contribution < -0.4 is 10.2 Å². The fourth-order valence-corrected chi connectivity index (χ4v) is 3.66. The molecule has 3 nitrogen and oxygen atoms in total. The summed E-state index contributed by atoms with van der Waals surface area (Å²) in [5, 5.41) is 3.02. The number of amides is 1. The lowest BCUT2D eigenvalue weighted by molar-refractivity contribution is -0.124. The predicted molar refractivity (Wildman–Crippen MR) is 83.2 cm³/mol. The number of piperidine rings is 1. The van der Waals surface area contributed by atoms with E-state index in [1.165, 1.54) is 16.8 Å². The van der Waals surface area contributed by atoms with E-state index in [0.717, 1.165) is 19.5 Å². The lowest BCUT2D eigenvalue weighted by Crippen LogP contribution is -2.50. The van der Waals surface area contributed by atoms with Crippen LogP contribution in [-0.4, -0.2) is 18.5 Å². The number of anilines is 1. The van der Waals surface area contributed by atoms with E-state index in [1.807, 2.05) is 6.07 Å². The van der Waals surface area contributed by atoms with Gasteiger partial charge in [0, 0.05) is 24.7 Å². The average Bonchev–Trinajstić information content (AvgIpc) is 2.84. The largest absolute Gasteiger partial charge is 0.354 e. The predicted octanol–water partition coefficient (Wildman–Crippen LogP) is 2.68. The van der Waals surface area contributed by atoms with E-state index in [9.17, 15) is 4.79 Å². The van der Waals surface area contributed by atoms with Gasteiger partial charge in [0.05, 0.1) is 0 Å². The molecule has 3 heteroatoms. The zero-order valence-corrected chi connectivity index (χ0v) is 11.8. The van der Waals surface area contributed by atoms with Crippen LogP contribution in [0.2, 0.25) is 0 Å². The van der Waals surface area contributed by atoms with Crippen LogP contribution >= 0.6 is 0 Å². The Labute approximate surface area is 124 Å². The van der Waals surface area contributed by atoms with Crippen molar-refractivity contribution in [3.05, 3.63) is 65.7 Å². The Bertz CT molecular complexity index is 668. The van der Waals surface area contributed by atoms with Gasteiger partial charge in [-0.2, -0.15) is 0 Å². The second-order valence-electron chi connectivity index (χ2n) is 5.80. The Balaban J connectivity index is 1.75. The van der Waals surface area contributed by atoms with Crippen LogP contribution in [0.5, 0.6) is 0 Å². The molecule has 2 aliphatic rings. The summed E-state index contributed by atoms with van der Waals surface area (Å²) in [6.07, 6.45) is 1.03. The molecule has 4 rings (SSSR count). The maximum absolute atomic E-state index is 12.4. The summed E-state index contributed by atoms with van der Waals surface area (Å²) in [4.78, 5) is 14.7. The first-order valence-corrected chi connectivity index (χ1v) is 7.52. The van der Waals surface area contributed by atoms with Crippen LogP contribution in [0.25, 0.3) is 0 Å². The Morgan fingerprint density at radius 1 is 1.05 bits per heavy atom. The number of nitrogens with one attached hydrogen (secondary N) is 1. The highest BCUT2D eigenvalue weighted by atomic mass is 16.2. The average molecular weight is 278 g/mol. The van der Waals surface area contributed by atoms with Crippen molar-refractivity contribution >= 4 is 11.6 Å². The monoisotopic (exact) mass is 278 g/mol. The van der Waals surface area contributed by atoms with Crippen LogP contribution in [-0.2, 0) is 11.3 Å². The van der Waals surface area contributed by atoms with Gasteiger partial charge in [0.2, 0.25) is 5.91 Å². The number of fused-ring (bicyclic) bond motifs is 3. The number of hydrogen-bond donors (Lipinski definition) is 1. The normalized spacial score (nSPS) is 23.4. The summed E-state index contributed by atoms with van der Waals surface area (Å²) < 4.78 is 0. The Morgan fingerprint density at radius 2 is 1.81 bits per heavy atom. The van der Waals surface area contributed by atoms with Crippen LogP contribution in [0.15, 0.2) is 54.6 Å². The number of hydrogen-bond acceptors (Lipinski definition) is 2. The van der Waals surface area contributed by atoms with Gasteiger partial charge in [-0.25, -0.2) is 0 Å². The lowest BCUT2D eigenvalue weighted by Gasteiger charge is -2.32. The maximum atomic E-state index is 12.4. The fraction of sp³-hybridized carbons (Fsp3) is 0.278. The Morgan fingerprint density at radius 3 is 2.67 bits per heavy atom. The summed E-state index contributed by atoms with van der Waals surface area (Å²) in [6.45, 7) is 1.57. The first-order valence-electron chi connectivity index (χ1n) is 7.52. The van der Waals surface area contributed by atoms with Gasteiger partial charge < -0.3 is 10.2 Å². The van der Waals surface area contributed by atoms with Crippen molar-refractivity contribution in [1.29, 1.82) is 0 Å². The van der Waals surface area contributed by atoms with E-state index in [4.69, 9.17) is 0 Å². The number of benzene rings is 2. The quantitative estimate of drug-likeness (QED) is 0.916. The van der Waals surface area contributed by atoms with E-state index in [-0.39, 0.29) is 11.9 Å². The SMILES string of the molecule is O=C1NCCC2c3ccccc3N(Cc3ccccc3)C12. The highest BCUT2D eigenvalue weighted by Crippen LogP contribution is 2.44. The summed E-state index contributed by atoms with van der Waals surface area (Å²) >= 11 is 0. The number of nitrogens with zero attached hydrogens (tertiary/aromatic N) is 1. The Kier molecular flexibility index (Phi) is 2.92. The van der Waals surface area contributed by atoms with Gasteiger partial charge in [0.25, 0.3) is 0 Å². The summed E-state index contributed by atoms with van der Waals surface area (Å²) in [5.41, 5.74) is 3.79. The van der Waals surface area contributed by atoms with Crippen LogP contribution in [0.1, 0.15) is 23.5 Å². The van der Waals surface area contributed by atoms with Crippen molar-refractivity contribution in [3.63, 3.8) is 0 Å². The molecule has 1 fully saturated rings. The molecule has 2 atom stereocenters. The molecule has 1 amide bonds. The topological polar surface area (TPSA) is 32.3 Å². The van der Waals surface area contributed by atoms with Gasteiger partial charge >= 0.3 is 0 Å². The molecule has 0 aromatic heterocycles. The third-order valence-corrected chi connectivity index (χ3v) is 4.58. The number of para-hydroxylation sites is 1. The van der Waals surface area contributed by atoms with Crippen molar-refractivity contribution in [2.45, 2.75) is 24.9 Å². The lowest BCUT2D eigenvalue weighted by atomic mass is 9.88. The number of carbonyl (C=O) groups excluding carboxylic acids is 1. The van der Waals surface area contributed by atoms with Crippen molar-refractivity contribution in [2.24, 2.45) is 0 Å². The zero-order valence-electron chi connectivity index (χ0n) is 11.8. The van der Waals surface area contributed by atoms with Crippen molar-refractivity contribution in [3.8, 4) is 0 Å². The van der Waals surface area contributed by atoms with E-state index < -0.39 is 0 Å². The van der Waals surface area contributed by atoms with Crippen molar-refractivity contribution in [1.82, 2.24) is 5.32 Å². The fourth-order valence-electron chi connectivity index (χ4n) is 3.66. The molecule has 1 saturated heterocycles. The highest BCUT2D eigenvalue weighted by Gasteiger charge is 2.44. The molecule has 2 heterocycles. The minimum absolute atomic E-state index is 0.0589. The van der Waals surface area contributed by atoms with Gasteiger partial charge in [-0.3, -0.25) is 4.79 Å². The highest BCUT2D eigenvalue weighted by molar-refractivity contribution is 5.90. The first kappa shape index (κ1) is 12.5. The van der Waals surface area contributed by atoms with E-state index in [1.54, 1.807) is 0 Å². The van der Waals surface area contributed by atoms with E-state index >= 15 is 0 Å². The Hall–Kier alpha value is -2.29. The minimum Gasteiger partial charge on any atom is -0.354 e. The molecular weight excluding hydrogens is 260 g/mol. The second kappa shape index (κ2) is 4.92. The van der Waals surface area contributed by atoms with Crippen molar-refractivity contribution in [2.75, 3.05) is 11.4 Å². The van der Waals surface area contributed by atoms with Crippen LogP contribution in [0.3, 0.4) is 0 Å². The third-order valence-electron chi connectivity index (χ3n) is 4.58. The molecule has 0 saturated carbocycles. The molecule has 1 N–H and O–H groups in total. The van der Waals surface area contributed by atoms with Gasteiger partial charge in [0.15, 0.2) is 0 Å². The van der Waals surface area contributed by atoms with Gasteiger partial charge in [-0.1, -0.05) is 48.5 Å². The molecule has 0 spiro atoms. The standard InChI is InChI=1S/C18H18N2O/c21-18-17-15(10-11-19-18)14-8-4-5-9-16(14)20(17)12-13-6-2-1-3-7-13/h1-9,15,17H,10-12H2,(H,19,21). The van der Waals surface area contributed by atoms with Crippen LogP contribution in [0.4, 0.5) is 5.69 Å². The van der Waals surface area contributed by atoms with E-state index in [2.05, 4.69) is 58.7 Å². The maximum Gasteiger partial charge on any atom is 0.243 e. The number of rotatable bonds is 2. The molecule has 21 heavy (non-hydrogen) atoms. The molecule has 0 aliphatic carbocycles. The zero-order chi connectivity index (χ0) is 14.2. The molecule has 2 aromatic rings. The van der Waals surface area contributed by atoms with Gasteiger partial charge in [0.1, 0.15) is 6.04 Å². The number of carbonyl (C=O) groups is 1. The minimum atomic E-state index is -0.0589. The summed E-state index contributed by atoms with van der Waals surface area (Å²) in [7, 11) is 0. The smallest absolute Gasteiger partial charge is 0.243 e. The van der Waals surface area contributed by atoms with Crippen molar-refractivity contribution < 1.29 is 4.79 Å². The summed E-state index contributed by atoms with van der Waals surface area (Å²) in [5.74, 6) is 0.497. The molecular formula is C18H18N2O. The second-order valence-corrected chi connectivity index (χ2v) is 5.80. The first-order chi connectivity index (χ1) is 10.3. The van der Waals surface area contributed by atoms with Gasteiger partial charge in [-0.15, -0.1) is 0 Å². The molecule has 2 unspecified atom stereocenters. The molecule has 2 aromatic carbocycles. The molecule has 0 radical (unpaired) electrons. The molecule has 106 valence electrons. The molecule has 0 bridgehead atoms. The third kappa shape index (κ3) is 2.00. The summed E-state index contributed by atoms with van der Waals surface area (Å²) in [6, 6.07) is 18.8. The van der Waals surface area contributed by atoms with E-state index in [0.29, 0.717) is 5.92 Å².